The average Bonchev–Trinajstić information content (AvgIpc) is 3.45. The van der Waals surface area contributed by atoms with Gasteiger partial charge >= 0.3 is 0 Å². The Morgan fingerprint density at radius 2 is 1.93 bits per heavy atom. The van der Waals surface area contributed by atoms with Crippen molar-refractivity contribution in [2.75, 3.05) is 55.3 Å². The maximum atomic E-state index is 13.3. The molecule has 3 heterocycles. The smallest absolute Gasteiger partial charge is 0.267 e. The number of carbonyl (C=O) groups excluding carboxylic acids is 1. The van der Waals surface area contributed by atoms with Crippen molar-refractivity contribution in [1.29, 1.82) is 5.26 Å². The molecule has 4 N–H and O–H groups in total. The summed E-state index contributed by atoms with van der Waals surface area (Å²) in [4.78, 5) is 25.0. The molecule has 0 bridgehead atoms. The lowest BCUT2D eigenvalue weighted by Crippen LogP contribution is -2.38. The summed E-state index contributed by atoms with van der Waals surface area (Å²) in [7, 11) is 0. The van der Waals surface area contributed by atoms with E-state index in [-0.39, 0.29) is 5.91 Å². The average molecular weight is 589 g/mol. The number of aliphatic imine (C=N–C) groups is 1. The van der Waals surface area contributed by atoms with Crippen molar-refractivity contribution in [3.05, 3.63) is 81.6 Å². The number of para-hydroxylation sites is 1. The number of amides is 1. The van der Waals surface area contributed by atoms with Crippen LogP contribution in [0.2, 0.25) is 5.02 Å². The molecule has 2 aromatic carbocycles. The maximum Gasteiger partial charge on any atom is 0.267 e. The van der Waals surface area contributed by atoms with Gasteiger partial charge in [-0.05, 0) is 47.3 Å². The highest BCUT2D eigenvalue weighted by atomic mass is 35.5. The van der Waals surface area contributed by atoms with Crippen molar-refractivity contribution in [3.63, 3.8) is 0 Å². The van der Waals surface area contributed by atoms with Gasteiger partial charge in [0.2, 0.25) is 5.96 Å². The molecule has 41 heavy (non-hydrogen) atoms. The minimum atomic E-state index is -0.259. The summed E-state index contributed by atoms with van der Waals surface area (Å²) in [5.74, 6) is 0.0403. The van der Waals surface area contributed by atoms with Gasteiger partial charge < -0.3 is 20.7 Å². The van der Waals surface area contributed by atoms with E-state index in [2.05, 4.69) is 36.1 Å². The number of hydrogen-bond donors (Lipinski definition) is 4. The number of aromatic nitrogens is 1. The zero-order valence-electron chi connectivity index (χ0n) is 22.2. The molecule has 5 rings (SSSR count). The van der Waals surface area contributed by atoms with Crippen LogP contribution in [-0.2, 0) is 11.3 Å². The molecular weight excluding hydrogens is 560 g/mol. The van der Waals surface area contributed by atoms with Crippen molar-refractivity contribution in [2.24, 2.45) is 4.99 Å². The van der Waals surface area contributed by atoms with E-state index in [0.29, 0.717) is 53.5 Å². The highest BCUT2D eigenvalue weighted by Gasteiger charge is 2.15. The number of fused-ring (bicyclic) bond motifs is 1. The molecule has 0 unspecified atom stereocenters. The number of halogens is 1. The van der Waals surface area contributed by atoms with Gasteiger partial charge in [-0.2, -0.15) is 5.26 Å². The molecule has 2 aromatic heterocycles. The predicted octanol–water partition coefficient (Wildman–Crippen LogP) is 4.98. The Hall–Kier alpha value is -4.21. The maximum absolute atomic E-state index is 13.3. The number of pyridine rings is 1. The summed E-state index contributed by atoms with van der Waals surface area (Å²) in [6, 6.07) is 16.9. The number of nitrogens with one attached hydrogen (secondary N) is 4. The van der Waals surface area contributed by atoms with Crippen molar-refractivity contribution >= 4 is 62.8 Å². The molecule has 210 valence electrons. The first kappa shape index (κ1) is 28.3. The quantitative estimate of drug-likeness (QED) is 0.0933. The minimum Gasteiger partial charge on any atom is -0.380 e. The SMILES string of the molecule is N#CNC(=NCCN1CCOCC1)Nc1cc(Cl)cc(NC(=O)c2sccc2NCc2ccnc3ccccc23)c1. The van der Waals surface area contributed by atoms with Gasteiger partial charge in [0.1, 0.15) is 4.88 Å². The van der Waals surface area contributed by atoms with Gasteiger partial charge in [-0.1, -0.05) is 29.8 Å². The van der Waals surface area contributed by atoms with E-state index >= 15 is 0 Å². The van der Waals surface area contributed by atoms with Crippen molar-refractivity contribution in [3.8, 4) is 6.19 Å². The van der Waals surface area contributed by atoms with Gasteiger partial charge in [0.15, 0.2) is 6.19 Å². The number of thiophene rings is 1. The van der Waals surface area contributed by atoms with E-state index in [1.54, 1.807) is 24.4 Å². The molecule has 1 aliphatic heterocycles. The Morgan fingerprint density at radius 3 is 2.76 bits per heavy atom. The monoisotopic (exact) mass is 588 g/mol. The van der Waals surface area contributed by atoms with Crippen molar-refractivity contribution in [2.45, 2.75) is 6.54 Å². The lowest BCUT2D eigenvalue weighted by molar-refractivity contribution is 0.0394. The summed E-state index contributed by atoms with van der Waals surface area (Å²) < 4.78 is 5.38. The molecule has 0 atom stereocenters. The number of benzene rings is 2. The summed E-state index contributed by atoms with van der Waals surface area (Å²) in [5, 5.41) is 24.6. The second-order valence-electron chi connectivity index (χ2n) is 9.23. The summed E-state index contributed by atoms with van der Waals surface area (Å²) in [6.45, 7) is 4.97. The van der Waals surface area contributed by atoms with E-state index in [1.165, 1.54) is 11.3 Å². The van der Waals surface area contributed by atoms with Gasteiger partial charge in [0.25, 0.3) is 5.91 Å². The molecule has 0 saturated carbocycles. The van der Waals surface area contributed by atoms with Crippen LogP contribution in [-0.4, -0.2) is 61.1 Å². The number of nitriles is 1. The van der Waals surface area contributed by atoms with Crippen LogP contribution in [0.3, 0.4) is 0 Å². The molecule has 1 amide bonds. The standard InChI is InChI=1S/C29H29ClN8O2S/c30-21-15-22(17-23(16-21)37-29(35-19-31)33-8-9-38-10-12-40-13-11-38)36-28(39)27-26(6-14-41-27)34-18-20-5-7-32-25-4-2-1-3-24(20)25/h1-7,14-17,34H,8-13,18H2,(H,36,39)(H2,33,35,37). The molecule has 1 fully saturated rings. The number of nitrogens with zero attached hydrogens (tertiary/aromatic N) is 4. The lowest BCUT2D eigenvalue weighted by atomic mass is 10.1. The topological polar surface area (TPSA) is 127 Å². The number of morpholine rings is 1. The molecule has 1 saturated heterocycles. The Balaban J connectivity index is 1.23. The number of guanidine groups is 1. The number of rotatable bonds is 9. The second-order valence-corrected chi connectivity index (χ2v) is 10.6. The Morgan fingerprint density at radius 1 is 1.12 bits per heavy atom. The molecular formula is C29H29ClN8O2S. The molecule has 0 radical (unpaired) electrons. The third kappa shape index (κ3) is 7.71. The van der Waals surface area contributed by atoms with Crippen LogP contribution in [0.4, 0.5) is 17.1 Å². The van der Waals surface area contributed by atoms with Crippen LogP contribution in [0, 0.1) is 11.5 Å². The van der Waals surface area contributed by atoms with E-state index in [1.807, 2.05) is 48.0 Å². The second kappa shape index (κ2) is 13.9. The first-order chi connectivity index (χ1) is 20.1. The summed E-state index contributed by atoms with van der Waals surface area (Å²) in [6.07, 6.45) is 3.70. The fraction of sp³-hybridized carbons (Fsp3) is 0.241. The van der Waals surface area contributed by atoms with Crippen molar-refractivity contribution in [1.82, 2.24) is 15.2 Å². The fourth-order valence-electron chi connectivity index (χ4n) is 4.47. The summed E-state index contributed by atoms with van der Waals surface area (Å²) in [5.41, 5.74) is 3.84. The number of ether oxygens (including phenoxy) is 1. The molecule has 4 aromatic rings. The lowest BCUT2D eigenvalue weighted by Gasteiger charge is -2.25. The Labute approximate surface area is 247 Å². The van der Waals surface area contributed by atoms with Crippen molar-refractivity contribution < 1.29 is 9.53 Å². The first-order valence-electron chi connectivity index (χ1n) is 13.1. The predicted molar refractivity (Wildman–Crippen MR) is 165 cm³/mol. The van der Waals surface area contributed by atoms with E-state index in [0.717, 1.165) is 41.8 Å². The van der Waals surface area contributed by atoms with Gasteiger partial charge in [-0.25, -0.2) is 0 Å². The van der Waals surface area contributed by atoms with Gasteiger partial charge in [0.05, 0.1) is 31.0 Å². The minimum absolute atomic E-state index is 0.259. The molecule has 10 nitrogen and oxygen atoms in total. The van der Waals surface area contributed by atoms with Gasteiger partial charge in [-0.3, -0.25) is 25.0 Å². The molecule has 0 spiro atoms. The van der Waals surface area contributed by atoms with Crippen LogP contribution >= 0.6 is 22.9 Å². The van der Waals surface area contributed by atoms with E-state index in [9.17, 15) is 10.1 Å². The summed E-state index contributed by atoms with van der Waals surface area (Å²) >= 11 is 7.72. The first-order valence-corrected chi connectivity index (χ1v) is 14.4. The van der Waals surface area contributed by atoms with E-state index in [4.69, 9.17) is 16.3 Å². The highest BCUT2D eigenvalue weighted by Crippen LogP contribution is 2.27. The zero-order chi connectivity index (χ0) is 28.4. The zero-order valence-corrected chi connectivity index (χ0v) is 23.8. The van der Waals surface area contributed by atoms with E-state index < -0.39 is 0 Å². The molecule has 0 aliphatic carbocycles. The van der Waals surface area contributed by atoms with Crippen LogP contribution in [0.1, 0.15) is 15.2 Å². The van der Waals surface area contributed by atoms with Crippen LogP contribution in [0.5, 0.6) is 0 Å². The third-order valence-corrected chi connectivity index (χ3v) is 7.59. The largest absolute Gasteiger partial charge is 0.380 e. The fourth-order valence-corrected chi connectivity index (χ4v) is 5.47. The van der Waals surface area contributed by atoms with Crippen LogP contribution < -0.4 is 21.3 Å². The molecule has 1 aliphatic rings. The third-order valence-electron chi connectivity index (χ3n) is 6.46. The Kier molecular flexibility index (Phi) is 9.61. The van der Waals surface area contributed by atoms with Gasteiger partial charge in [-0.15, -0.1) is 11.3 Å². The van der Waals surface area contributed by atoms with Crippen LogP contribution in [0.15, 0.2) is 71.2 Å². The number of carbonyl (C=O) groups is 1. The highest BCUT2D eigenvalue weighted by molar-refractivity contribution is 7.12. The number of hydrogen-bond acceptors (Lipinski definition) is 8. The van der Waals surface area contributed by atoms with Crippen LogP contribution in [0.25, 0.3) is 10.9 Å². The van der Waals surface area contributed by atoms with Gasteiger partial charge in [0, 0.05) is 54.2 Å². The number of anilines is 3. The normalized spacial score (nSPS) is 13.9. The molecule has 12 heteroatoms. The Bertz CT molecular complexity index is 1570.